The number of ether oxygens (including phenoxy) is 1. The third-order valence-electron chi connectivity index (χ3n) is 2.81. The Morgan fingerprint density at radius 1 is 1.53 bits per heavy atom. The first-order valence-electron chi connectivity index (χ1n) is 6.24. The molecule has 4 heteroatoms. The van der Waals surface area contributed by atoms with Crippen molar-refractivity contribution in [1.82, 2.24) is 10.3 Å². The van der Waals surface area contributed by atoms with Crippen LogP contribution in [0.1, 0.15) is 32.6 Å². The third-order valence-corrected chi connectivity index (χ3v) is 3.02. The number of pyridine rings is 1. The van der Waals surface area contributed by atoms with E-state index in [1.807, 2.05) is 0 Å². The first-order chi connectivity index (χ1) is 8.24. The molecule has 0 bridgehead atoms. The van der Waals surface area contributed by atoms with E-state index in [2.05, 4.69) is 17.2 Å². The summed E-state index contributed by atoms with van der Waals surface area (Å²) in [5.74, 6) is 0.750. The minimum atomic E-state index is 0.205. The maximum atomic E-state index is 5.84. The molecule has 3 nitrogen and oxygen atoms in total. The molecular weight excluding hydrogens is 236 g/mol. The van der Waals surface area contributed by atoms with Gasteiger partial charge in [-0.3, -0.25) is 4.98 Å². The van der Waals surface area contributed by atoms with Crippen molar-refractivity contribution in [3.8, 4) is 5.75 Å². The molecule has 0 radical (unpaired) electrons. The molecule has 0 saturated heterocycles. The van der Waals surface area contributed by atoms with E-state index in [9.17, 15) is 0 Å². The van der Waals surface area contributed by atoms with E-state index in [1.165, 1.54) is 12.8 Å². The molecule has 0 aliphatic heterocycles. The van der Waals surface area contributed by atoms with E-state index >= 15 is 0 Å². The smallest absolute Gasteiger partial charge is 0.139 e. The molecule has 1 fully saturated rings. The number of halogens is 1. The van der Waals surface area contributed by atoms with Gasteiger partial charge < -0.3 is 10.1 Å². The Morgan fingerprint density at radius 3 is 3.06 bits per heavy atom. The zero-order valence-electron chi connectivity index (χ0n) is 10.2. The normalized spacial score (nSPS) is 16.8. The summed E-state index contributed by atoms with van der Waals surface area (Å²) in [7, 11) is 0. The summed E-state index contributed by atoms with van der Waals surface area (Å²) < 4.78 is 5.74. The van der Waals surface area contributed by atoms with Crippen molar-refractivity contribution >= 4 is 11.6 Å². The van der Waals surface area contributed by atoms with Gasteiger partial charge in [0.2, 0.25) is 0 Å². The van der Waals surface area contributed by atoms with Gasteiger partial charge in [-0.25, -0.2) is 0 Å². The molecule has 1 N–H and O–H groups in total. The predicted octanol–water partition coefficient (Wildman–Crippen LogP) is 3.03. The van der Waals surface area contributed by atoms with Crippen LogP contribution in [0.4, 0.5) is 0 Å². The van der Waals surface area contributed by atoms with Gasteiger partial charge in [0.1, 0.15) is 5.75 Å². The van der Waals surface area contributed by atoms with Crippen molar-refractivity contribution in [2.24, 2.45) is 0 Å². The maximum Gasteiger partial charge on any atom is 0.139 e. The van der Waals surface area contributed by atoms with Gasteiger partial charge in [0.05, 0.1) is 17.3 Å². The van der Waals surface area contributed by atoms with Gasteiger partial charge in [0.15, 0.2) is 0 Å². The highest BCUT2D eigenvalue weighted by atomic mass is 35.5. The summed E-state index contributed by atoms with van der Waals surface area (Å²) in [6.07, 6.45) is 8.40. The highest BCUT2D eigenvalue weighted by molar-refractivity contribution is 6.30. The number of rotatable bonds is 7. The molecule has 2 rings (SSSR count). The molecule has 1 aliphatic rings. The standard InChI is InChI=1S/C13H19ClN2O/c1-10(3-2-6-16-12-4-5-12)17-13-7-11(14)8-15-9-13/h7-10,12,16H,2-6H2,1H3. The molecular formula is C13H19ClN2O. The van der Waals surface area contributed by atoms with Gasteiger partial charge in [0, 0.05) is 18.3 Å². The minimum absolute atomic E-state index is 0.205. The summed E-state index contributed by atoms with van der Waals surface area (Å²) in [5.41, 5.74) is 0. The van der Waals surface area contributed by atoms with Gasteiger partial charge in [0.25, 0.3) is 0 Å². The molecule has 0 amide bonds. The van der Waals surface area contributed by atoms with Crippen molar-refractivity contribution < 1.29 is 4.74 Å². The van der Waals surface area contributed by atoms with Crippen molar-refractivity contribution in [2.45, 2.75) is 44.8 Å². The fraction of sp³-hybridized carbons (Fsp3) is 0.615. The number of hydrogen-bond acceptors (Lipinski definition) is 3. The molecule has 94 valence electrons. The monoisotopic (exact) mass is 254 g/mol. The summed E-state index contributed by atoms with van der Waals surface area (Å²) in [6.45, 7) is 3.17. The number of nitrogens with one attached hydrogen (secondary N) is 1. The van der Waals surface area contributed by atoms with Crippen molar-refractivity contribution in [3.05, 3.63) is 23.5 Å². The molecule has 1 aromatic heterocycles. The Kier molecular flexibility index (Phi) is 4.63. The lowest BCUT2D eigenvalue weighted by molar-refractivity contribution is 0.206. The lowest BCUT2D eigenvalue weighted by Gasteiger charge is -2.14. The van der Waals surface area contributed by atoms with Crippen molar-refractivity contribution in [3.63, 3.8) is 0 Å². The van der Waals surface area contributed by atoms with Crippen LogP contribution in [-0.4, -0.2) is 23.7 Å². The molecule has 1 aromatic rings. The molecule has 1 heterocycles. The van der Waals surface area contributed by atoms with Gasteiger partial charge in [-0.2, -0.15) is 0 Å². The number of nitrogens with zero attached hydrogens (tertiary/aromatic N) is 1. The largest absolute Gasteiger partial charge is 0.489 e. The quantitative estimate of drug-likeness (QED) is 0.760. The van der Waals surface area contributed by atoms with Gasteiger partial charge in [-0.05, 0) is 39.2 Å². The van der Waals surface area contributed by atoms with Crippen LogP contribution in [0.25, 0.3) is 0 Å². The van der Waals surface area contributed by atoms with Crippen LogP contribution in [0, 0.1) is 0 Å². The molecule has 1 atom stereocenters. The zero-order chi connectivity index (χ0) is 12.1. The summed E-state index contributed by atoms with van der Waals surface area (Å²) in [6, 6.07) is 2.59. The van der Waals surface area contributed by atoms with Gasteiger partial charge in [-0.1, -0.05) is 11.6 Å². The summed E-state index contributed by atoms with van der Waals surface area (Å²) in [5, 5.41) is 4.11. The van der Waals surface area contributed by atoms with Crippen LogP contribution in [0.15, 0.2) is 18.5 Å². The van der Waals surface area contributed by atoms with Crippen LogP contribution in [-0.2, 0) is 0 Å². The fourth-order valence-electron chi connectivity index (χ4n) is 1.73. The SMILES string of the molecule is CC(CCCNC1CC1)Oc1cncc(Cl)c1. The fourth-order valence-corrected chi connectivity index (χ4v) is 1.90. The third kappa shape index (κ3) is 4.92. The zero-order valence-corrected chi connectivity index (χ0v) is 10.9. The Labute approximate surface area is 108 Å². The molecule has 1 saturated carbocycles. The Hall–Kier alpha value is -0.800. The molecule has 1 unspecified atom stereocenters. The number of hydrogen-bond donors (Lipinski definition) is 1. The lowest BCUT2D eigenvalue weighted by atomic mass is 10.2. The highest BCUT2D eigenvalue weighted by Gasteiger charge is 2.19. The summed E-state index contributed by atoms with van der Waals surface area (Å²) in [4.78, 5) is 4.00. The van der Waals surface area contributed by atoms with Crippen LogP contribution in [0.2, 0.25) is 5.02 Å². The molecule has 17 heavy (non-hydrogen) atoms. The van der Waals surface area contributed by atoms with E-state index in [1.54, 1.807) is 18.5 Å². The second kappa shape index (κ2) is 6.22. The second-order valence-corrected chi connectivity index (χ2v) is 5.07. The maximum absolute atomic E-state index is 5.84. The molecule has 0 aromatic carbocycles. The Bertz CT molecular complexity index is 355. The minimum Gasteiger partial charge on any atom is -0.489 e. The van der Waals surface area contributed by atoms with E-state index < -0.39 is 0 Å². The van der Waals surface area contributed by atoms with Crippen LogP contribution in [0.5, 0.6) is 5.75 Å². The molecule has 1 aliphatic carbocycles. The predicted molar refractivity (Wildman–Crippen MR) is 69.6 cm³/mol. The average molecular weight is 255 g/mol. The van der Waals surface area contributed by atoms with E-state index in [0.29, 0.717) is 5.02 Å². The van der Waals surface area contributed by atoms with E-state index in [4.69, 9.17) is 16.3 Å². The van der Waals surface area contributed by atoms with E-state index in [-0.39, 0.29) is 6.10 Å². The number of aromatic nitrogens is 1. The summed E-state index contributed by atoms with van der Waals surface area (Å²) >= 11 is 5.84. The van der Waals surface area contributed by atoms with Crippen molar-refractivity contribution in [2.75, 3.05) is 6.54 Å². The average Bonchev–Trinajstić information content (AvgIpc) is 3.08. The lowest BCUT2D eigenvalue weighted by Crippen LogP contribution is -2.20. The van der Waals surface area contributed by atoms with E-state index in [0.717, 1.165) is 31.2 Å². The molecule has 0 spiro atoms. The Balaban J connectivity index is 1.63. The van der Waals surface area contributed by atoms with Crippen LogP contribution >= 0.6 is 11.6 Å². The van der Waals surface area contributed by atoms with Crippen LogP contribution < -0.4 is 10.1 Å². The first kappa shape index (κ1) is 12.7. The van der Waals surface area contributed by atoms with Crippen LogP contribution in [0.3, 0.4) is 0 Å². The highest BCUT2D eigenvalue weighted by Crippen LogP contribution is 2.19. The van der Waals surface area contributed by atoms with Gasteiger partial charge in [-0.15, -0.1) is 0 Å². The Morgan fingerprint density at radius 2 is 2.35 bits per heavy atom. The second-order valence-electron chi connectivity index (χ2n) is 4.64. The van der Waals surface area contributed by atoms with Gasteiger partial charge >= 0.3 is 0 Å². The first-order valence-corrected chi connectivity index (χ1v) is 6.62. The topological polar surface area (TPSA) is 34.1 Å². The van der Waals surface area contributed by atoms with Crippen molar-refractivity contribution in [1.29, 1.82) is 0 Å².